The van der Waals surface area contributed by atoms with E-state index in [1.807, 2.05) is 20.1 Å². The SMILES string of the molecule is CSCCC(NC(=O)C(NC(=O)OC(C)(C)C)C(C)C)C(=O)NC(CC(C)C)C(O)CC(=O)NC(C(=O)O)C(C)C. The van der Waals surface area contributed by atoms with Crippen LogP contribution in [-0.4, -0.2) is 87.9 Å². The van der Waals surface area contributed by atoms with E-state index in [0.29, 0.717) is 12.2 Å². The number of aliphatic carboxylic acids is 1. The summed E-state index contributed by atoms with van der Waals surface area (Å²) in [4.78, 5) is 62.9. The van der Waals surface area contributed by atoms with Gasteiger partial charge >= 0.3 is 12.1 Å². The van der Waals surface area contributed by atoms with Gasteiger partial charge in [-0.05, 0) is 63.4 Å². The number of amides is 4. The first kappa shape index (κ1) is 38.5. The third-order valence-corrected chi connectivity index (χ3v) is 6.67. The van der Waals surface area contributed by atoms with E-state index in [9.17, 15) is 34.2 Å². The van der Waals surface area contributed by atoms with E-state index in [-0.39, 0.29) is 24.2 Å². The second kappa shape index (κ2) is 18.1. The molecule has 0 rings (SSSR count). The average Bonchev–Trinajstić information content (AvgIpc) is 2.80. The topological polar surface area (TPSA) is 183 Å². The average molecular weight is 605 g/mol. The van der Waals surface area contributed by atoms with Crippen molar-refractivity contribution >= 4 is 41.5 Å². The van der Waals surface area contributed by atoms with Crippen LogP contribution in [0.5, 0.6) is 0 Å². The van der Waals surface area contributed by atoms with Crippen molar-refractivity contribution in [2.75, 3.05) is 12.0 Å². The molecule has 0 aromatic carbocycles. The highest BCUT2D eigenvalue weighted by Gasteiger charge is 2.33. The Labute approximate surface area is 248 Å². The van der Waals surface area contributed by atoms with Gasteiger partial charge in [0.1, 0.15) is 23.7 Å². The Kier molecular flexibility index (Phi) is 17.0. The van der Waals surface area contributed by atoms with E-state index >= 15 is 0 Å². The van der Waals surface area contributed by atoms with Crippen molar-refractivity contribution in [1.29, 1.82) is 0 Å². The van der Waals surface area contributed by atoms with Gasteiger partial charge in [0.05, 0.1) is 18.6 Å². The minimum Gasteiger partial charge on any atom is -0.480 e. The number of ether oxygens (including phenoxy) is 1. The first-order valence-electron chi connectivity index (χ1n) is 14.1. The smallest absolute Gasteiger partial charge is 0.408 e. The number of aliphatic hydroxyl groups excluding tert-OH is 1. The largest absolute Gasteiger partial charge is 0.480 e. The predicted molar refractivity (Wildman–Crippen MR) is 159 cm³/mol. The number of carbonyl (C=O) groups excluding carboxylic acids is 4. The predicted octanol–water partition coefficient (Wildman–Crippen LogP) is 2.28. The summed E-state index contributed by atoms with van der Waals surface area (Å²) in [5, 5.41) is 30.7. The molecule has 5 unspecified atom stereocenters. The number of rotatable bonds is 17. The molecule has 0 heterocycles. The summed E-state index contributed by atoms with van der Waals surface area (Å²) in [7, 11) is 0. The van der Waals surface area contributed by atoms with Crippen molar-refractivity contribution in [3.05, 3.63) is 0 Å². The molecule has 0 saturated carbocycles. The van der Waals surface area contributed by atoms with Crippen LogP contribution in [0, 0.1) is 17.8 Å². The molecule has 0 radical (unpaired) electrons. The molecule has 5 atom stereocenters. The Balaban J connectivity index is 5.69. The first-order valence-corrected chi connectivity index (χ1v) is 15.5. The van der Waals surface area contributed by atoms with Crippen LogP contribution in [-0.2, 0) is 23.9 Å². The highest BCUT2D eigenvalue weighted by Crippen LogP contribution is 2.14. The second-order valence-electron chi connectivity index (χ2n) is 12.4. The zero-order valence-electron chi connectivity index (χ0n) is 26.2. The maximum Gasteiger partial charge on any atom is 0.408 e. The van der Waals surface area contributed by atoms with Gasteiger partial charge in [-0.2, -0.15) is 11.8 Å². The fraction of sp³-hybridized carbons (Fsp3) is 0.821. The minimum absolute atomic E-state index is 0.0445. The molecule has 6 N–H and O–H groups in total. The van der Waals surface area contributed by atoms with E-state index < -0.39 is 72.1 Å². The molecule has 13 heteroatoms. The molecular weight excluding hydrogens is 552 g/mol. The zero-order valence-corrected chi connectivity index (χ0v) is 27.0. The number of thioether (sulfide) groups is 1. The lowest BCUT2D eigenvalue weighted by Gasteiger charge is -2.30. The zero-order chi connectivity index (χ0) is 32.1. The summed E-state index contributed by atoms with van der Waals surface area (Å²) in [5.74, 6) is -2.99. The van der Waals surface area contributed by atoms with Gasteiger partial charge in [-0.25, -0.2) is 9.59 Å². The highest BCUT2D eigenvalue weighted by molar-refractivity contribution is 7.98. The monoisotopic (exact) mass is 604 g/mol. The molecule has 0 saturated heterocycles. The van der Waals surface area contributed by atoms with E-state index in [4.69, 9.17) is 4.74 Å². The lowest BCUT2D eigenvalue weighted by Crippen LogP contribution is -2.58. The molecule has 0 aromatic rings. The van der Waals surface area contributed by atoms with Crippen LogP contribution < -0.4 is 21.3 Å². The molecule has 0 spiro atoms. The van der Waals surface area contributed by atoms with Crippen molar-refractivity contribution in [2.45, 2.75) is 117 Å². The van der Waals surface area contributed by atoms with Gasteiger partial charge in [0.2, 0.25) is 17.7 Å². The number of aliphatic hydroxyl groups is 1. The summed E-state index contributed by atoms with van der Waals surface area (Å²) in [6.07, 6.45) is 0.0316. The molecule has 0 bridgehead atoms. The van der Waals surface area contributed by atoms with E-state index in [1.54, 1.807) is 48.5 Å². The van der Waals surface area contributed by atoms with Crippen LogP contribution in [0.2, 0.25) is 0 Å². The quantitative estimate of drug-likeness (QED) is 0.145. The van der Waals surface area contributed by atoms with E-state index in [1.165, 1.54) is 11.8 Å². The van der Waals surface area contributed by atoms with E-state index in [0.717, 1.165) is 0 Å². The summed E-state index contributed by atoms with van der Waals surface area (Å²) >= 11 is 1.49. The number of carboxylic acids is 1. The molecule has 0 aliphatic rings. The number of carbonyl (C=O) groups is 5. The summed E-state index contributed by atoms with van der Waals surface area (Å²) in [5.41, 5.74) is -0.755. The second-order valence-corrected chi connectivity index (χ2v) is 13.3. The standard InChI is InChI=1S/C28H52N4O8S/c1-15(2)13-19(20(33)14-21(34)31-23(17(5)6)26(37)38)30-24(35)18(11-12-41-10)29-25(36)22(16(3)4)32-27(39)40-28(7,8)9/h15-20,22-23,33H,11-14H2,1-10H3,(H,29,36)(H,30,35)(H,31,34)(H,32,39)(H,37,38). The lowest BCUT2D eigenvalue weighted by atomic mass is 9.96. The number of carboxylic acid groups (broad SMARTS) is 1. The van der Waals surface area contributed by atoms with Crippen LogP contribution >= 0.6 is 11.8 Å². The molecule has 4 amide bonds. The van der Waals surface area contributed by atoms with Crippen molar-refractivity contribution in [3.63, 3.8) is 0 Å². The van der Waals surface area contributed by atoms with Gasteiger partial charge < -0.3 is 36.2 Å². The Hall–Kier alpha value is -2.54. The van der Waals surface area contributed by atoms with E-state index in [2.05, 4.69) is 21.3 Å². The molecule has 238 valence electrons. The molecule has 12 nitrogen and oxygen atoms in total. The summed E-state index contributed by atoms with van der Waals surface area (Å²) < 4.78 is 5.28. The number of nitrogens with one attached hydrogen (secondary N) is 4. The van der Waals surface area contributed by atoms with Gasteiger partial charge in [-0.15, -0.1) is 0 Å². The van der Waals surface area contributed by atoms with Crippen LogP contribution in [0.3, 0.4) is 0 Å². The van der Waals surface area contributed by atoms with Gasteiger partial charge in [0.15, 0.2) is 0 Å². The van der Waals surface area contributed by atoms with Crippen LogP contribution in [0.25, 0.3) is 0 Å². The third kappa shape index (κ3) is 15.9. The highest BCUT2D eigenvalue weighted by atomic mass is 32.2. The van der Waals surface area contributed by atoms with Gasteiger partial charge in [-0.1, -0.05) is 41.5 Å². The molecule has 41 heavy (non-hydrogen) atoms. The van der Waals surface area contributed by atoms with Crippen LogP contribution in [0.15, 0.2) is 0 Å². The maximum absolute atomic E-state index is 13.4. The Bertz CT molecular complexity index is 876. The van der Waals surface area contributed by atoms with Crippen LogP contribution in [0.1, 0.15) is 81.6 Å². The van der Waals surface area contributed by atoms with Gasteiger partial charge in [0, 0.05) is 0 Å². The fourth-order valence-electron chi connectivity index (χ4n) is 3.92. The minimum atomic E-state index is -1.29. The lowest BCUT2D eigenvalue weighted by molar-refractivity contribution is -0.143. The fourth-order valence-corrected chi connectivity index (χ4v) is 4.39. The van der Waals surface area contributed by atoms with Gasteiger partial charge in [0.25, 0.3) is 0 Å². The molecule has 0 aromatic heterocycles. The number of hydrogen-bond acceptors (Lipinski definition) is 8. The summed E-state index contributed by atoms with van der Waals surface area (Å²) in [6, 6.07) is -3.87. The number of hydrogen-bond donors (Lipinski definition) is 6. The molecule has 0 fully saturated rings. The van der Waals surface area contributed by atoms with Crippen LogP contribution in [0.4, 0.5) is 4.79 Å². The molecule has 0 aliphatic carbocycles. The van der Waals surface area contributed by atoms with Crippen molar-refractivity contribution in [2.24, 2.45) is 17.8 Å². The Morgan fingerprint density at radius 1 is 0.829 bits per heavy atom. The maximum atomic E-state index is 13.4. The first-order chi connectivity index (χ1) is 18.8. The Morgan fingerprint density at radius 3 is 1.83 bits per heavy atom. The molecule has 0 aliphatic heterocycles. The molecular formula is C28H52N4O8S. The third-order valence-electron chi connectivity index (χ3n) is 6.03. The number of alkyl carbamates (subject to hydrolysis) is 1. The Morgan fingerprint density at radius 2 is 1.39 bits per heavy atom. The normalized spacial score (nSPS) is 15.5. The summed E-state index contributed by atoms with van der Waals surface area (Å²) in [6.45, 7) is 15.8. The van der Waals surface area contributed by atoms with Crippen molar-refractivity contribution < 1.29 is 38.9 Å². The van der Waals surface area contributed by atoms with Gasteiger partial charge in [-0.3, -0.25) is 14.4 Å². The van der Waals surface area contributed by atoms with Crippen molar-refractivity contribution in [1.82, 2.24) is 21.3 Å². The van der Waals surface area contributed by atoms with Crippen molar-refractivity contribution in [3.8, 4) is 0 Å².